The van der Waals surface area contributed by atoms with Crippen molar-refractivity contribution in [3.63, 3.8) is 0 Å². The van der Waals surface area contributed by atoms with Gasteiger partial charge in [0.2, 0.25) is 5.88 Å². The highest BCUT2D eigenvalue weighted by Gasteiger charge is 2.12. The summed E-state index contributed by atoms with van der Waals surface area (Å²) in [6.45, 7) is 5.15. The third-order valence-corrected chi connectivity index (χ3v) is 3.06. The molecule has 0 saturated heterocycles. The smallest absolute Gasteiger partial charge is 0.213 e. The van der Waals surface area contributed by atoms with Crippen LogP contribution in [0.2, 0.25) is 0 Å². The molecule has 0 fully saturated rings. The van der Waals surface area contributed by atoms with Gasteiger partial charge in [0.1, 0.15) is 12.1 Å². The Morgan fingerprint density at radius 1 is 1.20 bits per heavy atom. The van der Waals surface area contributed by atoms with Crippen molar-refractivity contribution in [2.24, 2.45) is 0 Å². The zero-order valence-corrected chi connectivity index (χ0v) is 12.2. The van der Waals surface area contributed by atoms with Crippen LogP contribution < -0.4 is 10.1 Å². The molecule has 0 amide bonds. The first kappa shape index (κ1) is 14.2. The lowest BCUT2D eigenvalue weighted by molar-refractivity contribution is 0.398. The SMILES string of the molecule is CCCNc1ncnc(-c2ccnc(OC)c2)c1CC. The Bertz CT molecular complexity index is 572. The fourth-order valence-electron chi connectivity index (χ4n) is 2.06. The summed E-state index contributed by atoms with van der Waals surface area (Å²) >= 11 is 0. The molecular formula is C15H20N4O. The number of rotatable bonds is 6. The minimum atomic E-state index is 0.589. The lowest BCUT2D eigenvalue weighted by Crippen LogP contribution is -2.07. The molecular weight excluding hydrogens is 252 g/mol. The van der Waals surface area contributed by atoms with E-state index in [0.29, 0.717) is 5.88 Å². The van der Waals surface area contributed by atoms with E-state index >= 15 is 0 Å². The highest BCUT2D eigenvalue weighted by molar-refractivity contribution is 5.68. The zero-order valence-electron chi connectivity index (χ0n) is 12.2. The number of methoxy groups -OCH3 is 1. The molecule has 2 rings (SSSR count). The first-order valence-electron chi connectivity index (χ1n) is 6.88. The second-order valence-electron chi connectivity index (χ2n) is 4.42. The number of nitrogens with zero attached hydrogens (tertiary/aromatic N) is 3. The molecule has 5 heteroatoms. The summed E-state index contributed by atoms with van der Waals surface area (Å²) in [5.74, 6) is 1.50. The van der Waals surface area contributed by atoms with Gasteiger partial charge in [0.25, 0.3) is 0 Å². The van der Waals surface area contributed by atoms with Crippen molar-refractivity contribution in [3.8, 4) is 17.1 Å². The minimum Gasteiger partial charge on any atom is -0.481 e. The van der Waals surface area contributed by atoms with Crippen molar-refractivity contribution < 1.29 is 4.74 Å². The van der Waals surface area contributed by atoms with Gasteiger partial charge in [0.15, 0.2) is 0 Å². The van der Waals surface area contributed by atoms with Gasteiger partial charge in [-0.3, -0.25) is 0 Å². The van der Waals surface area contributed by atoms with Crippen LogP contribution in [0.15, 0.2) is 24.7 Å². The lowest BCUT2D eigenvalue weighted by atomic mass is 10.1. The molecule has 0 spiro atoms. The average molecular weight is 272 g/mol. The number of nitrogens with one attached hydrogen (secondary N) is 1. The first-order chi connectivity index (χ1) is 9.80. The van der Waals surface area contributed by atoms with E-state index in [0.717, 1.165) is 42.0 Å². The van der Waals surface area contributed by atoms with E-state index in [1.807, 2.05) is 12.1 Å². The lowest BCUT2D eigenvalue weighted by Gasteiger charge is -2.13. The molecule has 5 nitrogen and oxygen atoms in total. The molecule has 0 bridgehead atoms. The van der Waals surface area contributed by atoms with Crippen LogP contribution in [0.25, 0.3) is 11.3 Å². The van der Waals surface area contributed by atoms with E-state index < -0.39 is 0 Å². The molecule has 0 aliphatic rings. The molecule has 1 N–H and O–H groups in total. The number of hydrogen-bond donors (Lipinski definition) is 1. The van der Waals surface area contributed by atoms with Gasteiger partial charge >= 0.3 is 0 Å². The van der Waals surface area contributed by atoms with Crippen molar-refractivity contribution in [2.45, 2.75) is 26.7 Å². The van der Waals surface area contributed by atoms with Crippen molar-refractivity contribution in [1.82, 2.24) is 15.0 Å². The molecule has 0 unspecified atom stereocenters. The first-order valence-corrected chi connectivity index (χ1v) is 6.88. The largest absolute Gasteiger partial charge is 0.481 e. The Morgan fingerprint density at radius 2 is 2.05 bits per heavy atom. The summed E-state index contributed by atoms with van der Waals surface area (Å²) in [6, 6.07) is 3.83. The number of hydrogen-bond acceptors (Lipinski definition) is 5. The van der Waals surface area contributed by atoms with Crippen molar-refractivity contribution >= 4 is 5.82 Å². The van der Waals surface area contributed by atoms with Gasteiger partial charge in [-0.1, -0.05) is 13.8 Å². The quantitative estimate of drug-likeness (QED) is 0.876. The third-order valence-electron chi connectivity index (χ3n) is 3.06. The highest BCUT2D eigenvalue weighted by Crippen LogP contribution is 2.27. The molecule has 2 aromatic rings. The molecule has 106 valence electrons. The zero-order chi connectivity index (χ0) is 14.4. The average Bonchev–Trinajstić information content (AvgIpc) is 2.52. The molecule has 0 atom stereocenters. The maximum Gasteiger partial charge on any atom is 0.213 e. The van der Waals surface area contributed by atoms with Crippen LogP contribution >= 0.6 is 0 Å². The second kappa shape index (κ2) is 6.84. The second-order valence-corrected chi connectivity index (χ2v) is 4.42. The Hall–Kier alpha value is -2.17. The summed E-state index contributed by atoms with van der Waals surface area (Å²) in [7, 11) is 1.61. The molecule has 0 saturated carbocycles. The van der Waals surface area contributed by atoms with Crippen LogP contribution in [0.1, 0.15) is 25.8 Å². The Labute approximate surface area is 119 Å². The summed E-state index contributed by atoms with van der Waals surface area (Å²) in [5.41, 5.74) is 3.05. The van der Waals surface area contributed by atoms with Gasteiger partial charge < -0.3 is 10.1 Å². The molecule has 0 aliphatic carbocycles. The maximum atomic E-state index is 5.17. The van der Waals surface area contributed by atoms with E-state index in [4.69, 9.17) is 4.74 Å². The van der Waals surface area contributed by atoms with Gasteiger partial charge in [-0.15, -0.1) is 0 Å². The van der Waals surface area contributed by atoms with Gasteiger partial charge in [0, 0.05) is 29.9 Å². The maximum absolute atomic E-state index is 5.17. The van der Waals surface area contributed by atoms with E-state index in [9.17, 15) is 0 Å². The summed E-state index contributed by atoms with van der Waals surface area (Å²) in [4.78, 5) is 12.9. The summed E-state index contributed by atoms with van der Waals surface area (Å²) < 4.78 is 5.17. The highest BCUT2D eigenvalue weighted by atomic mass is 16.5. The van der Waals surface area contributed by atoms with Crippen LogP contribution in [-0.2, 0) is 6.42 Å². The van der Waals surface area contributed by atoms with Gasteiger partial charge in [0.05, 0.1) is 12.8 Å². The molecule has 0 aliphatic heterocycles. The van der Waals surface area contributed by atoms with E-state index in [1.54, 1.807) is 19.6 Å². The van der Waals surface area contributed by atoms with E-state index in [1.165, 1.54) is 0 Å². The standard InChI is InChI=1S/C15H20N4O/c1-4-7-17-15-12(5-2)14(18-10-19-15)11-6-8-16-13(9-11)20-3/h6,8-10H,4-5,7H2,1-3H3,(H,17,18,19). The summed E-state index contributed by atoms with van der Waals surface area (Å²) in [5, 5.41) is 3.35. The minimum absolute atomic E-state index is 0.589. The predicted molar refractivity (Wildman–Crippen MR) is 80.0 cm³/mol. The van der Waals surface area contributed by atoms with E-state index in [-0.39, 0.29) is 0 Å². The predicted octanol–water partition coefficient (Wildman–Crippen LogP) is 2.93. The number of ether oxygens (including phenoxy) is 1. The van der Waals surface area contributed by atoms with Crippen LogP contribution in [0.4, 0.5) is 5.82 Å². The molecule has 20 heavy (non-hydrogen) atoms. The molecule has 2 heterocycles. The monoisotopic (exact) mass is 272 g/mol. The summed E-state index contributed by atoms with van der Waals surface area (Å²) in [6.07, 6.45) is 5.26. The fourth-order valence-corrected chi connectivity index (χ4v) is 2.06. The van der Waals surface area contributed by atoms with Crippen LogP contribution in [0.5, 0.6) is 5.88 Å². The van der Waals surface area contributed by atoms with Gasteiger partial charge in [-0.05, 0) is 18.9 Å². The third kappa shape index (κ3) is 3.04. The topological polar surface area (TPSA) is 59.9 Å². The van der Waals surface area contributed by atoms with Crippen LogP contribution in [0, 0.1) is 0 Å². The molecule has 0 radical (unpaired) electrons. The van der Waals surface area contributed by atoms with E-state index in [2.05, 4.69) is 34.1 Å². The number of pyridine rings is 1. The van der Waals surface area contributed by atoms with Crippen LogP contribution in [-0.4, -0.2) is 28.6 Å². The number of anilines is 1. The Morgan fingerprint density at radius 3 is 2.75 bits per heavy atom. The van der Waals surface area contributed by atoms with Crippen molar-refractivity contribution in [2.75, 3.05) is 19.0 Å². The van der Waals surface area contributed by atoms with Gasteiger partial charge in [-0.2, -0.15) is 0 Å². The fraction of sp³-hybridized carbons (Fsp3) is 0.400. The number of aromatic nitrogens is 3. The Balaban J connectivity index is 2.44. The van der Waals surface area contributed by atoms with Gasteiger partial charge in [-0.25, -0.2) is 15.0 Å². The van der Waals surface area contributed by atoms with Crippen molar-refractivity contribution in [3.05, 3.63) is 30.2 Å². The Kier molecular flexibility index (Phi) is 4.87. The van der Waals surface area contributed by atoms with Crippen LogP contribution in [0.3, 0.4) is 0 Å². The molecule has 2 aromatic heterocycles. The van der Waals surface area contributed by atoms with Crippen molar-refractivity contribution in [1.29, 1.82) is 0 Å². The normalized spacial score (nSPS) is 10.3. The molecule has 0 aromatic carbocycles.